The van der Waals surface area contributed by atoms with Gasteiger partial charge in [-0.15, -0.1) is 0 Å². The molecule has 196 valence electrons. The van der Waals surface area contributed by atoms with Crippen LogP contribution in [0.3, 0.4) is 0 Å². The zero-order chi connectivity index (χ0) is 26.9. The van der Waals surface area contributed by atoms with Gasteiger partial charge in [0, 0.05) is 5.39 Å². The fraction of sp³-hybridized carbons (Fsp3) is 0.242. The van der Waals surface area contributed by atoms with Crippen molar-refractivity contribution < 1.29 is 14.6 Å². The molecule has 0 spiro atoms. The number of para-hydroxylation sites is 1. The van der Waals surface area contributed by atoms with Crippen LogP contribution in [0.25, 0.3) is 10.9 Å². The molecule has 0 saturated carbocycles. The number of ether oxygens (including phenoxy) is 2. The molecule has 0 atom stereocenters. The predicted octanol–water partition coefficient (Wildman–Crippen LogP) is 7.41. The van der Waals surface area contributed by atoms with Crippen LogP contribution in [0, 0.1) is 0 Å². The molecule has 5 nitrogen and oxygen atoms in total. The maximum atomic E-state index is 13.8. The van der Waals surface area contributed by atoms with Crippen LogP contribution in [0.15, 0.2) is 107 Å². The first-order valence-electron chi connectivity index (χ1n) is 12.9. The van der Waals surface area contributed by atoms with Gasteiger partial charge in [0.1, 0.15) is 19.0 Å². The summed E-state index contributed by atoms with van der Waals surface area (Å²) in [5, 5.41) is 11.7. The quantitative estimate of drug-likeness (QED) is 0.214. The molecule has 4 aromatic rings. The molecule has 0 amide bonds. The van der Waals surface area contributed by atoms with E-state index in [-0.39, 0.29) is 18.1 Å². The normalized spacial score (nSPS) is 11.4. The van der Waals surface area contributed by atoms with Gasteiger partial charge in [-0.05, 0) is 62.9 Å². The molecule has 0 fully saturated rings. The van der Waals surface area contributed by atoms with Crippen LogP contribution in [0.2, 0.25) is 0 Å². The number of nitrogens with zero attached hydrogens (tertiary/aromatic N) is 1. The summed E-state index contributed by atoms with van der Waals surface area (Å²) < 4.78 is 13.7. The molecule has 0 aliphatic heterocycles. The summed E-state index contributed by atoms with van der Waals surface area (Å²) in [6.07, 6.45) is 6.04. The van der Waals surface area contributed by atoms with Gasteiger partial charge in [0.2, 0.25) is 5.75 Å². The minimum Gasteiger partial charge on any atom is -0.504 e. The number of pyridine rings is 1. The molecule has 1 aromatic heterocycles. The minimum absolute atomic E-state index is 0.0537. The maximum Gasteiger partial charge on any atom is 0.297 e. The van der Waals surface area contributed by atoms with Crippen LogP contribution in [-0.4, -0.2) is 16.3 Å². The Morgan fingerprint density at radius 2 is 1.53 bits per heavy atom. The van der Waals surface area contributed by atoms with E-state index in [0.717, 1.165) is 24.0 Å². The van der Waals surface area contributed by atoms with Gasteiger partial charge in [0.15, 0.2) is 5.75 Å². The molecular formula is C33H35NO4. The number of aromatic hydroxyl groups is 1. The van der Waals surface area contributed by atoms with E-state index in [1.807, 2.05) is 85.8 Å². The van der Waals surface area contributed by atoms with E-state index in [4.69, 9.17) is 9.47 Å². The van der Waals surface area contributed by atoms with Crippen molar-refractivity contribution in [3.63, 3.8) is 0 Å². The zero-order valence-corrected chi connectivity index (χ0v) is 22.3. The second-order valence-corrected chi connectivity index (χ2v) is 9.66. The fourth-order valence-corrected chi connectivity index (χ4v) is 4.30. The van der Waals surface area contributed by atoms with Crippen LogP contribution in [-0.2, 0) is 13.2 Å². The van der Waals surface area contributed by atoms with Gasteiger partial charge in [-0.1, -0.05) is 84.0 Å². The molecule has 5 heteroatoms. The van der Waals surface area contributed by atoms with E-state index in [1.54, 1.807) is 10.6 Å². The Bertz CT molecular complexity index is 1480. The van der Waals surface area contributed by atoms with E-state index in [2.05, 4.69) is 19.9 Å². The van der Waals surface area contributed by atoms with Crippen molar-refractivity contribution >= 4 is 10.9 Å². The van der Waals surface area contributed by atoms with Gasteiger partial charge in [-0.2, -0.15) is 0 Å². The first-order chi connectivity index (χ1) is 18.4. The van der Waals surface area contributed by atoms with Crippen LogP contribution in [0.4, 0.5) is 0 Å². The van der Waals surface area contributed by atoms with Gasteiger partial charge in [0.05, 0.1) is 12.1 Å². The smallest absolute Gasteiger partial charge is 0.297 e. The summed E-state index contributed by atoms with van der Waals surface area (Å²) in [5.74, 6) is 0.299. The molecule has 0 aliphatic rings. The molecule has 38 heavy (non-hydrogen) atoms. The second-order valence-electron chi connectivity index (χ2n) is 9.66. The molecular weight excluding hydrogens is 474 g/mol. The highest BCUT2D eigenvalue weighted by atomic mass is 16.5. The summed E-state index contributed by atoms with van der Waals surface area (Å²) in [4.78, 5) is 13.8. The molecule has 0 unspecified atom stereocenters. The topological polar surface area (TPSA) is 60.7 Å². The predicted molar refractivity (Wildman–Crippen MR) is 154 cm³/mol. The van der Waals surface area contributed by atoms with Crippen molar-refractivity contribution in [2.75, 3.05) is 6.61 Å². The number of rotatable bonds is 11. The van der Waals surface area contributed by atoms with Crippen molar-refractivity contribution in [2.45, 2.75) is 46.8 Å². The maximum absolute atomic E-state index is 13.8. The third kappa shape index (κ3) is 6.74. The molecule has 0 radical (unpaired) electrons. The number of benzene rings is 3. The lowest BCUT2D eigenvalue weighted by Crippen LogP contribution is -2.24. The first-order valence-corrected chi connectivity index (χ1v) is 12.9. The summed E-state index contributed by atoms with van der Waals surface area (Å²) in [6, 6.07) is 25.0. The van der Waals surface area contributed by atoms with Gasteiger partial charge in [0.25, 0.3) is 5.56 Å². The van der Waals surface area contributed by atoms with Gasteiger partial charge in [-0.3, -0.25) is 9.36 Å². The first kappa shape index (κ1) is 26.8. The third-order valence-electron chi connectivity index (χ3n) is 6.35. The SMILES string of the molecule is CC(C)=CCCC(C)=CCOc1c(O)c2cccc(OCc3ccccc3)c2n(Cc2ccccc2)c1=O. The summed E-state index contributed by atoms with van der Waals surface area (Å²) in [5.41, 5.74) is 4.57. The number of fused-ring (bicyclic) bond motifs is 1. The van der Waals surface area contributed by atoms with E-state index in [1.165, 1.54) is 11.1 Å². The Labute approximate surface area is 224 Å². The second kappa shape index (κ2) is 12.8. The molecule has 0 aliphatic carbocycles. The van der Waals surface area contributed by atoms with Crippen molar-refractivity contribution in [3.05, 3.63) is 124 Å². The molecule has 1 N–H and O–H groups in total. The largest absolute Gasteiger partial charge is 0.504 e. The van der Waals surface area contributed by atoms with E-state index >= 15 is 0 Å². The standard InChI is InChI=1S/C33H35NO4/c1-24(2)12-10-13-25(3)20-21-37-32-31(35)28-18-11-19-29(38-23-27-16-8-5-9-17-27)30(28)34(33(32)36)22-26-14-6-4-7-15-26/h4-9,11-12,14-20,35H,10,13,21-23H2,1-3H3. The van der Waals surface area contributed by atoms with E-state index in [9.17, 15) is 9.90 Å². The van der Waals surface area contributed by atoms with Crippen LogP contribution in [0.5, 0.6) is 17.2 Å². The monoisotopic (exact) mass is 509 g/mol. The number of aromatic nitrogens is 1. The Hall–Kier alpha value is -4.25. The highest BCUT2D eigenvalue weighted by Crippen LogP contribution is 2.36. The van der Waals surface area contributed by atoms with Gasteiger partial charge >= 0.3 is 0 Å². The zero-order valence-electron chi connectivity index (χ0n) is 22.3. The minimum atomic E-state index is -0.398. The Morgan fingerprint density at radius 1 is 0.842 bits per heavy atom. The molecule has 3 aromatic carbocycles. The number of hydrogen-bond acceptors (Lipinski definition) is 4. The lowest BCUT2D eigenvalue weighted by Gasteiger charge is -2.18. The Morgan fingerprint density at radius 3 is 2.21 bits per heavy atom. The van der Waals surface area contributed by atoms with Crippen molar-refractivity contribution in [1.29, 1.82) is 0 Å². The van der Waals surface area contributed by atoms with Gasteiger partial charge in [-0.25, -0.2) is 0 Å². The van der Waals surface area contributed by atoms with E-state index < -0.39 is 5.56 Å². The fourth-order valence-electron chi connectivity index (χ4n) is 4.30. The van der Waals surface area contributed by atoms with Crippen molar-refractivity contribution in [3.8, 4) is 17.2 Å². The van der Waals surface area contributed by atoms with Crippen molar-refractivity contribution in [1.82, 2.24) is 4.57 Å². The number of allylic oxidation sites excluding steroid dienone is 3. The highest BCUT2D eigenvalue weighted by Gasteiger charge is 2.21. The molecule has 1 heterocycles. The highest BCUT2D eigenvalue weighted by molar-refractivity contribution is 5.92. The third-order valence-corrected chi connectivity index (χ3v) is 6.35. The average Bonchev–Trinajstić information content (AvgIpc) is 2.92. The van der Waals surface area contributed by atoms with E-state index in [0.29, 0.717) is 29.8 Å². The Balaban J connectivity index is 1.71. The van der Waals surface area contributed by atoms with Crippen LogP contribution >= 0.6 is 0 Å². The van der Waals surface area contributed by atoms with Crippen LogP contribution in [0.1, 0.15) is 44.7 Å². The average molecular weight is 510 g/mol. The lowest BCUT2D eigenvalue weighted by molar-refractivity contribution is 0.307. The molecule has 0 saturated heterocycles. The summed E-state index contributed by atoms with van der Waals surface area (Å²) in [6.45, 7) is 7.08. The van der Waals surface area contributed by atoms with Crippen LogP contribution < -0.4 is 15.0 Å². The molecule has 4 rings (SSSR count). The summed E-state index contributed by atoms with van der Waals surface area (Å²) in [7, 11) is 0. The molecule has 0 bridgehead atoms. The van der Waals surface area contributed by atoms with Gasteiger partial charge < -0.3 is 14.6 Å². The summed E-state index contributed by atoms with van der Waals surface area (Å²) >= 11 is 0. The van der Waals surface area contributed by atoms with Crippen molar-refractivity contribution in [2.24, 2.45) is 0 Å². The lowest BCUT2D eigenvalue weighted by atomic mass is 10.1. The Kier molecular flexibility index (Phi) is 9.04. The number of hydrogen-bond donors (Lipinski definition) is 1.